The van der Waals surface area contributed by atoms with Gasteiger partial charge in [0.1, 0.15) is 0 Å². The van der Waals surface area contributed by atoms with Crippen LogP contribution in [0.25, 0.3) is 0 Å². The predicted molar refractivity (Wildman–Crippen MR) is 74.6 cm³/mol. The molecule has 18 heavy (non-hydrogen) atoms. The van der Waals surface area contributed by atoms with Crippen LogP contribution in [-0.2, 0) is 0 Å². The molecule has 0 bridgehead atoms. The van der Waals surface area contributed by atoms with E-state index in [1.165, 1.54) is 44.1 Å². The van der Waals surface area contributed by atoms with Gasteiger partial charge in [-0.1, -0.05) is 31.9 Å². The van der Waals surface area contributed by atoms with Gasteiger partial charge in [0.25, 0.3) is 0 Å². The molecule has 2 nitrogen and oxygen atoms in total. The first-order chi connectivity index (χ1) is 8.83. The topological polar surface area (TPSA) is 29.5 Å². The van der Waals surface area contributed by atoms with Crippen molar-refractivity contribution in [3.05, 3.63) is 29.8 Å². The van der Waals surface area contributed by atoms with Crippen LogP contribution in [0.5, 0.6) is 5.75 Å². The molecule has 0 saturated heterocycles. The van der Waals surface area contributed by atoms with Crippen molar-refractivity contribution in [2.24, 2.45) is 5.92 Å². The van der Waals surface area contributed by atoms with Gasteiger partial charge >= 0.3 is 7.69 Å². The lowest BCUT2D eigenvalue weighted by Crippen LogP contribution is -2.13. The van der Waals surface area contributed by atoms with E-state index in [0.29, 0.717) is 11.7 Å². The van der Waals surface area contributed by atoms with E-state index in [0.717, 1.165) is 13.6 Å². The Balaban J connectivity index is 1.89. The Hall–Kier alpha value is -0.955. The normalized spacial score (nSPS) is 23.7. The molecule has 0 aliphatic heterocycles. The second kappa shape index (κ2) is 6.84. The molecule has 1 aromatic rings. The average molecular weight is 245 g/mol. The van der Waals surface area contributed by atoms with Crippen molar-refractivity contribution >= 4 is 7.69 Å². The zero-order valence-corrected chi connectivity index (χ0v) is 11.1. The summed E-state index contributed by atoms with van der Waals surface area (Å²) < 4.78 is 4.93. The second-order valence-electron chi connectivity index (χ2n) is 5.30. The molecule has 3 heteroatoms. The smallest absolute Gasteiger partial charge is 0.537 e. The largest absolute Gasteiger partial charge is 0.569 e. The van der Waals surface area contributed by atoms with Crippen molar-refractivity contribution in [1.82, 2.24) is 0 Å². The maximum atomic E-state index is 8.57. The van der Waals surface area contributed by atoms with Crippen molar-refractivity contribution < 1.29 is 9.68 Å². The Morgan fingerprint density at radius 3 is 2.39 bits per heavy atom. The fourth-order valence-corrected chi connectivity index (χ4v) is 3.07. The first-order valence-corrected chi connectivity index (χ1v) is 7.06. The number of benzene rings is 1. The van der Waals surface area contributed by atoms with Crippen molar-refractivity contribution in [2.75, 3.05) is 0 Å². The number of hydrogen-bond donors (Lipinski definition) is 1. The van der Waals surface area contributed by atoms with Crippen LogP contribution in [0.1, 0.15) is 56.9 Å². The minimum absolute atomic E-state index is 0.695. The van der Waals surface area contributed by atoms with Gasteiger partial charge in [-0.3, -0.25) is 0 Å². The fraction of sp³-hybridized carbons (Fsp3) is 0.600. The second-order valence-corrected chi connectivity index (χ2v) is 5.30. The molecule has 1 aromatic carbocycles. The van der Waals surface area contributed by atoms with Crippen molar-refractivity contribution in [3.8, 4) is 5.75 Å². The van der Waals surface area contributed by atoms with E-state index >= 15 is 0 Å². The molecule has 1 N–H and O–H groups in total. The van der Waals surface area contributed by atoms with E-state index in [1.54, 1.807) is 0 Å². The highest BCUT2D eigenvalue weighted by molar-refractivity contribution is 6.17. The predicted octanol–water partition coefficient (Wildman–Crippen LogP) is 3.67. The zero-order valence-electron chi connectivity index (χ0n) is 11.1. The van der Waals surface area contributed by atoms with Gasteiger partial charge in [0.05, 0.1) is 5.75 Å². The van der Waals surface area contributed by atoms with Gasteiger partial charge in [-0.25, -0.2) is 0 Å². The van der Waals surface area contributed by atoms with Crippen LogP contribution in [0.3, 0.4) is 0 Å². The minimum Gasteiger partial charge on any atom is -0.537 e. The zero-order chi connectivity index (χ0) is 12.8. The molecule has 0 spiro atoms. The van der Waals surface area contributed by atoms with Gasteiger partial charge < -0.3 is 9.68 Å². The Bertz CT molecular complexity index is 342. The molecule has 0 aromatic heterocycles. The number of hydrogen-bond acceptors (Lipinski definition) is 2. The third kappa shape index (κ3) is 3.52. The van der Waals surface area contributed by atoms with E-state index in [4.69, 9.17) is 9.68 Å². The van der Waals surface area contributed by atoms with E-state index < -0.39 is 0 Å². The van der Waals surface area contributed by atoms with Crippen LogP contribution in [-0.4, -0.2) is 12.7 Å². The van der Waals surface area contributed by atoms with Crippen LogP contribution >= 0.6 is 0 Å². The van der Waals surface area contributed by atoms with E-state index in [2.05, 4.69) is 19.1 Å². The molecule has 1 radical (unpaired) electrons. The van der Waals surface area contributed by atoms with Gasteiger partial charge in [-0.15, -0.1) is 0 Å². The highest BCUT2D eigenvalue weighted by Crippen LogP contribution is 2.37. The van der Waals surface area contributed by atoms with Gasteiger partial charge in [-0.2, -0.15) is 0 Å². The summed E-state index contributed by atoms with van der Waals surface area (Å²) in [6.07, 6.45) is 8.10. The molecule has 0 atom stereocenters. The maximum Gasteiger partial charge on any atom is 0.569 e. The number of rotatable bonds is 5. The Kier molecular flexibility index (Phi) is 5.12. The van der Waals surface area contributed by atoms with Crippen LogP contribution in [0.2, 0.25) is 0 Å². The molecule has 0 heterocycles. The van der Waals surface area contributed by atoms with Gasteiger partial charge in [0.15, 0.2) is 0 Å². The first-order valence-electron chi connectivity index (χ1n) is 7.06. The lowest BCUT2D eigenvalue weighted by molar-refractivity contribution is 0.308. The monoisotopic (exact) mass is 245 g/mol. The molecule has 0 unspecified atom stereocenters. The highest BCUT2D eigenvalue weighted by atomic mass is 16.5. The summed E-state index contributed by atoms with van der Waals surface area (Å²) in [6.45, 7) is 2.28. The molecule has 1 aliphatic carbocycles. The molecule has 2 rings (SSSR count). The van der Waals surface area contributed by atoms with Crippen molar-refractivity contribution in [3.63, 3.8) is 0 Å². The van der Waals surface area contributed by atoms with E-state index in [1.807, 2.05) is 12.1 Å². The molecular weight excluding hydrogens is 223 g/mol. The highest BCUT2D eigenvalue weighted by Gasteiger charge is 2.21. The Morgan fingerprint density at radius 1 is 1.17 bits per heavy atom. The van der Waals surface area contributed by atoms with Crippen molar-refractivity contribution in [1.29, 1.82) is 0 Å². The minimum atomic E-state index is 0.695. The average Bonchev–Trinajstić information content (AvgIpc) is 2.41. The van der Waals surface area contributed by atoms with Crippen molar-refractivity contribution in [2.45, 2.75) is 51.4 Å². The third-order valence-corrected chi connectivity index (χ3v) is 4.08. The lowest BCUT2D eigenvalue weighted by Gasteiger charge is -2.28. The summed E-state index contributed by atoms with van der Waals surface area (Å²) in [5, 5.41) is 8.57. The SMILES string of the molecule is CCCC1CCC(c2ccc(O[B]O)cc2)CC1. The summed E-state index contributed by atoms with van der Waals surface area (Å²) in [5.74, 6) is 2.36. The third-order valence-electron chi connectivity index (χ3n) is 4.08. The molecule has 0 amide bonds. The first kappa shape index (κ1) is 13.5. The standard InChI is InChI=1S/C15H22BO2/c1-2-3-12-4-6-13(7-5-12)14-8-10-15(11-9-14)18-16-17/h8-13,17H,2-7H2,1H3. The molecule has 1 saturated carbocycles. The van der Waals surface area contributed by atoms with Gasteiger partial charge in [-0.05, 0) is 55.2 Å². The summed E-state index contributed by atoms with van der Waals surface area (Å²) in [4.78, 5) is 0. The summed E-state index contributed by atoms with van der Waals surface area (Å²) in [5.41, 5.74) is 1.41. The quantitative estimate of drug-likeness (QED) is 0.802. The maximum absolute atomic E-state index is 8.57. The summed E-state index contributed by atoms with van der Waals surface area (Å²) >= 11 is 0. The summed E-state index contributed by atoms with van der Waals surface area (Å²) in [6, 6.07) is 8.12. The molecular formula is C15H22BO2. The summed E-state index contributed by atoms with van der Waals surface area (Å²) in [7, 11) is 0.727. The van der Waals surface area contributed by atoms with Gasteiger partial charge in [0.2, 0.25) is 0 Å². The Labute approximate surface area is 111 Å². The van der Waals surface area contributed by atoms with Crippen LogP contribution in [0, 0.1) is 5.92 Å². The molecule has 97 valence electrons. The van der Waals surface area contributed by atoms with Crippen LogP contribution in [0.4, 0.5) is 0 Å². The lowest BCUT2D eigenvalue weighted by atomic mass is 9.77. The van der Waals surface area contributed by atoms with Gasteiger partial charge in [0, 0.05) is 0 Å². The van der Waals surface area contributed by atoms with E-state index in [-0.39, 0.29) is 0 Å². The van der Waals surface area contributed by atoms with E-state index in [9.17, 15) is 0 Å². The van der Waals surface area contributed by atoms with Crippen LogP contribution < -0.4 is 4.65 Å². The fourth-order valence-electron chi connectivity index (χ4n) is 3.07. The Morgan fingerprint density at radius 2 is 1.83 bits per heavy atom. The van der Waals surface area contributed by atoms with Crippen LogP contribution in [0.15, 0.2) is 24.3 Å². The molecule has 1 aliphatic rings. The molecule has 1 fully saturated rings.